The Kier molecular flexibility index (Phi) is 4.64. The van der Waals surface area contributed by atoms with E-state index in [2.05, 4.69) is 0 Å². The Morgan fingerprint density at radius 3 is 1.67 bits per heavy atom. The zero-order valence-electron chi connectivity index (χ0n) is 5.64. The third kappa shape index (κ3) is 4.37. The molecule has 0 saturated carbocycles. The molecule has 0 heterocycles. The van der Waals surface area contributed by atoms with Crippen molar-refractivity contribution < 1.29 is 9.59 Å². The van der Waals surface area contributed by atoms with Crippen LogP contribution in [-0.2, 0) is 9.59 Å². The van der Waals surface area contributed by atoms with Crippen molar-refractivity contribution in [3.63, 3.8) is 0 Å². The van der Waals surface area contributed by atoms with Crippen molar-refractivity contribution in [2.75, 3.05) is 0 Å². The summed E-state index contributed by atoms with van der Waals surface area (Å²) in [5.41, 5.74) is 0. The van der Waals surface area contributed by atoms with Crippen molar-refractivity contribution >= 4 is 24.3 Å². The molecule has 0 spiro atoms. The van der Waals surface area contributed by atoms with Crippen LogP contribution in [0.15, 0.2) is 0 Å². The molecule has 2 nitrogen and oxygen atoms in total. The van der Waals surface area contributed by atoms with E-state index in [1.807, 2.05) is 0 Å². The molecule has 0 amide bonds. The standard InChI is InChI=1S/C6H10O2Se/c1-3-5(7)9-6(8)4-2/h3-4H2,1-2H3. The van der Waals surface area contributed by atoms with E-state index in [0.29, 0.717) is 12.8 Å². The number of hydrogen-bond donors (Lipinski definition) is 0. The minimum absolute atomic E-state index is 0.106. The van der Waals surface area contributed by atoms with Gasteiger partial charge in [0.15, 0.2) is 0 Å². The van der Waals surface area contributed by atoms with Gasteiger partial charge >= 0.3 is 60.6 Å². The van der Waals surface area contributed by atoms with Gasteiger partial charge in [-0.15, -0.1) is 0 Å². The Morgan fingerprint density at radius 1 is 1.11 bits per heavy atom. The van der Waals surface area contributed by atoms with Gasteiger partial charge < -0.3 is 0 Å². The van der Waals surface area contributed by atoms with Crippen molar-refractivity contribution in [1.82, 2.24) is 0 Å². The molecule has 9 heavy (non-hydrogen) atoms. The van der Waals surface area contributed by atoms with Crippen molar-refractivity contribution in [1.29, 1.82) is 0 Å². The Hall–Kier alpha value is -0.141. The van der Waals surface area contributed by atoms with E-state index >= 15 is 0 Å². The molecule has 3 heteroatoms. The fourth-order valence-corrected chi connectivity index (χ4v) is 1.41. The molecule has 0 aromatic heterocycles. The van der Waals surface area contributed by atoms with E-state index in [1.54, 1.807) is 13.8 Å². The molecule has 0 atom stereocenters. The van der Waals surface area contributed by atoms with Crippen molar-refractivity contribution in [3.05, 3.63) is 0 Å². The summed E-state index contributed by atoms with van der Waals surface area (Å²) in [6, 6.07) is 0. The Labute approximate surface area is 61.2 Å². The van der Waals surface area contributed by atoms with Crippen LogP contribution >= 0.6 is 0 Å². The van der Waals surface area contributed by atoms with Crippen LogP contribution < -0.4 is 0 Å². The molecule has 0 aromatic carbocycles. The Balaban J connectivity index is 3.47. The second-order valence-electron chi connectivity index (χ2n) is 1.55. The summed E-state index contributed by atoms with van der Waals surface area (Å²) in [6.07, 6.45) is 1.01. The average Bonchev–Trinajstić information content (AvgIpc) is 1.87. The molecular formula is C6H10O2Se. The van der Waals surface area contributed by atoms with Crippen molar-refractivity contribution in [2.24, 2.45) is 0 Å². The molecule has 0 fully saturated rings. The molecule has 52 valence electrons. The fraction of sp³-hybridized carbons (Fsp3) is 0.667. The van der Waals surface area contributed by atoms with Crippen LogP contribution in [0, 0.1) is 0 Å². The van der Waals surface area contributed by atoms with Gasteiger partial charge in [-0.2, -0.15) is 0 Å². The van der Waals surface area contributed by atoms with E-state index in [-0.39, 0.29) is 24.3 Å². The summed E-state index contributed by atoms with van der Waals surface area (Å²) in [5.74, 6) is 0. The van der Waals surface area contributed by atoms with Crippen LogP contribution in [-0.4, -0.2) is 24.3 Å². The first-order chi connectivity index (χ1) is 4.20. The molecule has 0 aliphatic carbocycles. The van der Waals surface area contributed by atoms with Gasteiger partial charge in [-0.1, -0.05) is 0 Å². The van der Waals surface area contributed by atoms with Crippen LogP contribution in [0.2, 0.25) is 0 Å². The van der Waals surface area contributed by atoms with Crippen LogP contribution in [0.5, 0.6) is 0 Å². The molecule has 0 aliphatic heterocycles. The number of carbonyl (C=O) groups excluding carboxylic acids is 2. The number of hydrogen-bond acceptors (Lipinski definition) is 2. The van der Waals surface area contributed by atoms with E-state index in [9.17, 15) is 9.59 Å². The zero-order valence-corrected chi connectivity index (χ0v) is 7.35. The summed E-state index contributed by atoms with van der Waals surface area (Å²) < 4.78 is 0.212. The number of carbonyl (C=O) groups is 2. The molecule has 0 radical (unpaired) electrons. The van der Waals surface area contributed by atoms with Gasteiger partial charge in [0.2, 0.25) is 0 Å². The molecule has 0 saturated heterocycles. The second kappa shape index (κ2) is 4.71. The fourth-order valence-electron chi connectivity index (χ4n) is 0.271. The summed E-state index contributed by atoms with van der Waals surface area (Å²) in [4.78, 5) is 21.2. The first-order valence-electron chi connectivity index (χ1n) is 2.94. The normalized spacial score (nSPS) is 9.11. The molecule has 0 unspecified atom stereocenters. The summed E-state index contributed by atoms with van der Waals surface area (Å²) in [6.45, 7) is 3.57. The molecule has 0 N–H and O–H groups in total. The van der Waals surface area contributed by atoms with Crippen LogP contribution in [0.4, 0.5) is 0 Å². The topological polar surface area (TPSA) is 34.1 Å². The second-order valence-corrected chi connectivity index (χ2v) is 3.89. The molecular weight excluding hydrogens is 183 g/mol. The van der Waals surface area contributed by atoms with E-state index in [4.69, 9.17) is 0 Å². The summed E-state index contributed by atoms with van der Waals surface area (Å²) in [7, 11) is 0. The SMILES string of the molecule is CCC(=O)[Se]C(=O)CC. The molecule has 0 aromatic rings. The average molecular weight is 193 g/mol. The quantitative estimate of drug-likeness (QED) is 0.611. The predicted molar refractivity (Wildman–Crippen MR) is 36.4 cm³/mol. The maximum atomic E-state index is 10.6. The predicted octanol–water partition coefficient (Wildman–Crippen LogP) is 0.564. The van der Waals surface area contributed by atoms with Gasteiger partial charge in [0.25, 0.3) is 0 Å². The summed E-state index contributed by atoms with van der Waals surface area (Å²) >= 11 is -0.385. The van der Waals surface area contributed by atoms with Crippen LogP contribution in [0.3, 0.4) is 0 Å². The van der Waals surface area contributed by atoms with Gasteiger partial charge in [-0.25, -0.2) is 0 Å². The maximum absolute atomic E-state index is 10.6. The monoisotopic (exact) mass is 194 g/mol. The van der Waals surface area contributed by atoms with Crippen LogP contribution in [0.25, 0.3) is 0 Å². The van der Waals surface area contributed by atoms with Gasteiger partial charge in [0.1, 0.15) is 0 Å². The number of rotatable bonds is 4. The zero-order chi connectivity index (χ0) is 7.28. The van der Waals surface area contributed by atoms with Crippen LogP contribution in [0.1, 0.15) is 26.7 Å². The third-order valence-electron chi connectivity index (χ3n) is 0.805. The Bertz CT molecular complexity index is 106. The van der Waals surface area contributed by atoms with Crippen molar-refractivity contribution in [3.8, 4) is 0 Å². The minimum atomic E-state index is -0.385. The van der Waals surface area contributed by atoms with E-state index in [0.717, 1.165) is 0 Å². The van der Waals surface area contributed by atoms with E-state index in [1.165, 1.54) is 0 Å². The molecule has 0 aliphatic rings. The summed E-state index contributed by atoms with van der Waals surface area (Å²) in [5, 5.41) is 0. The van der Waals surface area contributed by atoms with E-state index < -0.39 is 0 Å². The molecule has 0 rings (SSSR count). The third-order valence-corrected chi connectivity index (χ3v) is 2.97. The van der Waals surface area contributed by atoms with Crippen molar-refractivity contribution in [2.45, 2.75) is 26.7 Å². The van der Waals surface area contributed by atoms with Gasteiger partial charge in [-0.05, 0) is 0 Å². The first kappa shape index (κ1) is 8.86. The molecule has 0 bridgehead atoms. The van der Waals surface area contributed by atoms with Gasteiger partial charge in [0, 0.05) is 0 Å². The Morgan fingerprint density at radius 2 is 1.44 bits per heavy atom. The first-order valence-corrected chi connectivity index (χ1v) is 4.65. The van der Waals surface area contributed by atoms with Gasteiger partial charge in [0.05, 0.1) is 0 Å². The van der Waals surface area contributed by atoms with Gasteiger partial charge in [-0.3, -0.25) is 0 Å².